The summed E-state index contributed by atoms with van der Waals surface area (Å²) >= 11 is 0. The first-order chi connectivity index (χ1) is 10.0. The second-order valence-electron chi connectivity index (χ2n) is 4.14. The normalized spacial score (nSPS) is 11.5. The number of carbonyl (C=O) groups excluding carboxylic acids is 1. The topological polar surface area (TPSA) is 72.8 Å². The van der Waals surface area contributed by atoms with Gasteiger partial charge in [0.05, 0.1) is 17.6 Å². The van der Waals surface area contributed by atoms with Gasteiger partial charge >= 0.3 is 5.97 Å². The maximum atomic E-state index is 12.0. The van der Waals surface area contributed by atoms with Crippen molar-refractivity contribution < 1.29 is 17.9 Å². The molecule has 0 radical (unpaired) electrons. The minimum absolute atomic E-state index is 0.0161. The zero-order valence-corrected chi connectivity index (χ0v) is 12.1. The second-order valence-corrected chi connectivity index (χ2v) is 5.77. The van der Waals surface area contributed by atoms with Crippen LogP contribution in [0.5, 0.6) is 0 Å². The summed E-state index contributed by atoms with van der Waals surface area (Å²) in [5.41, 5.74) is 0.968. The Bertz CT molecular complexity index is 750. The number of rotatable bonds is 4. The third-order valence-electron chi connectivity index (χ3n) is 2.71. The predicted molar refractivity (Wildman–Crippen MR) is 79.0 cm³/mol. The SMILES string of the molecule is COC(=O)c1ccc(S(=O)(=O)N=Cc2ccccc2)cc1. The van der Waals surface area contributed by atoms with Crippen LogP contribution in [-0.2, 0) is 14.8 Å². The number of hydrogen-bond acceptors (Lipinski definition) is 4. The number of esters is 1. The highest BCUT2D eigenvalue weighted by atomic mass is 32.2. The number of methoxy groups -OCH3 is 1. The molecule has 0 amide bonds. The summed E-state index contributed by atoms with van der Waals surface area (Å²) in [5.74, 6) is -0.522. The van der Waals surface area contributed by atoms with E-state index in [4.69, 9.17) is 0 Å². The molecule has 0 unspecified atom stereocenters. The molecule has 0 aliphatic rings. The van der Waals surface area contributed by atoms with Crippen molar-refractivity contribution >= 4 is 22.2 Å². The van der Waals surface area contributed by atoms with Crippen LogP contribution in [0.4, 0.5) is 0 Å². The van der Waals surface area contributed by atoms with Crippen LogP contribution < -0.4 is 0 Å². The van der Waals surface area contributed by atoms with Crippen LogP contribution in [0, 0.1) is 0 Å². The van der Waals surface area contributed by atoms with Gasteiger partial charge in [-0.3, -0.25) is 0 Å². The van der Waals surface area contributed by atoms with Gasteiger partial charge in [-0.25, -0.2) is 4.79 Å². The fraction of sp³-hybridized carbons (Fsp3) is 0.0667. The van der Waals surface area contributed by atoms with Gasteiger partial charge in [0.2, 0.25) is 0 Å². The summed E-state index contributed by atoms with van der Waals surface area (Å²) in [6.07, 6.45) is 1.28. The Morgan fingerprint density at radius 3 is 2.24 bits per heavy atom. The second kappa shape index (κ2) is 6.32. The molecule has 0 atom stereocenters. The van der Waals surface area contributed by atoms with Crippen molar-refractivity contribution in [2.75, 3.05) is 7.11 Å². The fourth-order valence-corrected chi connectivity index (χ4v) is 2.47. The minimum Gasteiger partial charge on any atom is -0.465 e. The highest BCUT2D eigenvalue weighted by molar-refractivity contribution is 7.90. The van der Waals surface area contributed by atoms with Gasteiger partial charge in [-0.15, -0.1) is 0 Å². The summed E-state index contributed by atoms with van der Waals surface area (Å²) < 4.78 is 32.3. The monoisotopic (exact) mass is 303 g/mol. The lowest BCUT2D eigenvalue weighted by molar-refractivity contribution is 0.0600. The van der Waals surface area contributed by atoms with Gasteiger partial charge in [0.15, 0.2) is 0 Å². The number of carbonyl (C=O) groups is 1. The third kappa shape index (κ3) is 3.76. The molecule has 0 aliphatic carbocycles. The van der Waals surface area contributed by atoms with E-state index in [0.717, 1.165) is 0 Å². The van der Waals surface area contributed by atoms with E-state index in [0.29, 0.717) is 5.56 Å². The average molecular weight is 303 g/mol. The van der Waals surface area contributed by atoms with E-state index >= 15 is 0 Å². The first kappa shape index (κ1) is 14.9. The van der Waals surface area contributed by atoms with Crippen LogP contribution in [0.15, 0.2) is 63.9 Å². The van der Waals surface area contributed by atoms with E-state index in [2.05, 4.69) is 9.13 Å². The molecule has 2 aromatic rings. The maximum absolute atomic E-state index is 12.0. The Balaban J connectivity index is 2.24. The molecular weight excluding hydrogens is 290 g/mol. The molecule has 2 aromatic carbocycles. The van der Waals surface area contributed by atoms with Gasteiger partial charge in [-0.1, -0.05) is 30.3 Å². The van der Waals surface area contributed by atoms with Crippen LogP contribution in [0.3, 0.4) is 0 Å². The molecule has 6 heteroatoms. The smallest absolute Gasteiger partial charge is 0.337 e. The minimum atomic E-state index is -3.79. The van der Waals surface area contributed by atoms with Crippen molar-refractivity contribution in [3.63, 3.8) is 0 Å². The zero-order chi connectivity index (χ0) is 15.3. The third-order valence-corrected chi connectivity index (χ3v) is 3.96. The summed E-state index contributed by atoms with van der Waals surface area (Å²) in [6.45, 7) is 0. The molecule has 5 nitrogen and oxygen atoms in total. The highest BCUT2D eigenvalue weighted by Gasteiger charge is 2.13. The molecule has 0 spiro atoms. The summed E-state index contributed by atoms with van der Waals surface area (Å²) in [7, 11) is -2.53. The van der Waals surface area contributed by atoms with Crippen LogP contribution in [-0.4, -0.2) is 27.7 Å². The van der Waals surface area contributed by atoms with E-state index in [1.807, 2.05) is 6.07 Å². The Labute approximate surface area is 123 Å². The predicted octanol–water partition coefficient (Wildman–Crippen LogP) is 2.28. The van der Waals surface area contributed by atoms with E-state index in [1.165, 1.54) is 37.6 Å². The average Bonchev–Trinajstić information content (AvgIpc) is 2.53. The van der Waals surface area contributed by atoms with E-state index in [1.54, 1.807) is 24.3 Å². The van der Waals surface area contributed by atoms with Gasteiger partial charge in [-0.05, 0) is 29.8 Å². The fourth-order valence-electron chi connectivity index (χ4n) is 1.61. The van der Waals surface area contributed by atoms with Gasteiger partial charge in [0.1, 0.15) is 0 Å². The lowest BCUT2D eigenvalue weighted by atomic mass is 10.2. The summed E-state index contributed by atoms with van der Waals surface area (Å²) in [4.78, 5) is 11.3. The van der Waals surface area contributed by atoms with Crippen molar-refractivity contribution in [3.8, 4) is 0 Å². The van der Waals surface area contributed by atoms with Crippen LogP contribution in [0.25, 0.3) is 0 Å². The van der Waals surface area contributed by atoms with Gasteiger partial charge in [0.25, 0.3) is 10.0 Å². The maximum Gasteiger partial charge on any atom is 0.337 e. The van der Waals surface area contributed by atoms with Crippen molar-refractivity contribution in [1.82, 2.24) is 0 Å². The van der Waals surface area contributed by atoms with Crippen molar-refractivity contribution in [1.29, 1.82) is 0 Å². The van der Waals surface area contributed by atoms with Crippen LogP contribution >= 0.6 is 0 Å². The molecule has 0 N–H and O–H groups in total. The number of hydrogen-bond donors (Lipinski definition) is 0. The lowest BCUT2D eigenvalue weighted by Crippen LogP contribution is -2.02. The molecule has 21 heavy (non-hydrogen) atoms. The van der Waals surface area contributed by atoms with Crippen molar-refractivity contribution in [3.05, 3.63) is 65.7 Å². The van der Waals surface area contributed by atoms with Gasteiger partial charge in [-0.2, -0.15) is 12.8 Å². The highest BCUT2D eigenvalue weighted by Crippen LogP contribution is 2.14. The first-order valence-corrected chi connectivity index (χ1v) is 7.51. The molecule has 0 aromatic heterocycles. The standard InChI is InChI=1S/C15H13NO4S/c1-20-15(17)13-7-9-14(10-8-13)21(18,19)16-11-12-5-3-2-4-6-12/h2-11H,1H3. The quantitative estimate of drug-likeness (QED) is 0.641. The number of benzene rings is 2. The van der Waals surface area contributed by atoms with Crippen molar-refractivity contribution in [2.45, 2.75) is 4.90 Å². The number of nitrogens with zero attached hydrogens (tertiary/aromatic N) is 1. The molecule has 0 saturated carbocycles. The Morgan fingerprint density at radius 1 is 1.05 bits per heavy atom. The van der Waals surface area contributed by atoms with Gasteiger partial charge < -0.3 is 4.74 Å². The van der Waals surface area contributed by atoms with Gasteiger partial charge in [0, 0.05) is 6.21 Å². The largest absolute Gasteiger partial charge is 0.465 e. The number of sulfonamides is 1. The Morgan fingerprint density at radius 2 is 1.67 bits per heavy atom. The molecule has 0 aliphatic heterocycles. The summed E-state index contributed by atoms with van der Waals surface area (Å²) in [6, 6.07) is 14.3. The number of ether oxygens (including phenoxy) is 1. The first-order valence-electron chi connectivity index (χ1n) is 6.07. The van der Waals surface area contributed by atoms with Crippen LogP contribution in [0.1, 0.15) is 15.9 Å². The van der Waals surface area contributed by atoms with E-state index in [-0.39, 0.29) is 10.5 Å². The molecule has 108 valence electrons. The Hall–Kier alpha value is -2.47. The molecule has 0 fully saturated rings. The molecule has 2 rings (SSSR count). The molecule has 0 bridgehead atoms. The summed E-state index contributed by atoms with van der Waals surface area (Å²) in [5, 5.41) is 0. The molecular formula is C15H13NO4S. The molecule has 0 heterocycles. The van der Waals surface area contributed by atoms with E-state index in [9.17, 15) is 13.2 Å². The Kier molecular flexibility index (Phi) is 4.49. The van der Waals surface area contributed by atoms with E-state index < -0.39 is 16.0 Å². The zero-order valence-electron chi connectivity index (χ0n) is 11.3. The molecule has 0 saturated heterocycles. The lowest BCUT2D eigenvalue weighted by Gasteiger charge is -2.01. The van der Waals surface area contributed by atoms with Crippen LogP contribution in [0.2, 0.25) is 0 Å². The van der Waals surface area contributed by atoms with Crippen molar-refractivity contribution in [2.24, 2.45) is 4.40 Å².